The molecule has 1 aliphatic heterocycles. The highest BCUT2D eigenvalue weighted by Gasteiger charge is 2.29. The van der Waals surface area contributed by atoms with Crippen LogP contribution in [0.1, 0.15) is 13.3 Å². The summed E-state index contributed by atoms with van der Waals surface area (Å²) in [6.07, 6.45) is 0.980. The Labute approximate surface area is 117 Å². The largest absolute Gasteiger partial charge is 0.368 e. The van der Waals surface area contributed by atoms with E-state index in [0.717, 1.165) is 18.7 Å². The highest BCUT2D eigenvalue weighted by atomic mass is 32.2. The van der Waals surface area contributed by atoms with Crippen molar-refractivity contribution in [1.29, 1.82) is 0 Å². The summed E-state index contributed by atoms with van der Waals surface area (Å²) >= 11 is 0. The van der Waals surface area contributed by atoms with Crippen LogP contribution in [0.25, 0.3) is 0 Å². The third-order valence-corrected chi connectivity index (χ3v) is 5.12. The number of alkyl halides is 2. The summed E-state index contributed by atoms with van der Waals surface area (Å²) < 4.78 is 47.6. The van der Waals surface area contributed by atoms with Crippen LogP contribution >= 0.6 is 0 Å². The molecule has 2 rings (SSSR count). The fourth-order valence-corrected chi connectivity index (χ4v) is 3.32. The van der Waals surface area contributed by atoms with E-state index in [0.29, 0.717) is 18.5 Å². The first-order chi connectivity index (χ1) is 9.36. The van der Waals surface area contributed by atoms with Crippen LogP contribution in [0.4, 0.5) is 14.5 Å². The second-order valence-corrected chi connectivity index (χ2v) is 7.06. The molecule has 7 heteroatoms. The van der Waals surface area contributed by atoms with Crippen LogP contribution in [0, 0.1) is 5.92 Å². The van der Waals surface area contributed by atoms with Gasteiger partial charge in [0.05, 0.1) is 4.90 Å². The minimum atomic E-state index is -4.52. The van der Waals surface area contributed by atoms with Crippen molar-refractivity contribution in [2.45, 2.75) is 30.0 Å². The Hall–Kier alpha value is -1.21. The number of nitrogens with zero attached hydrogens (tertiary/aromatic N) is 1. The van der Waals surface area contributed by atoms with Gasteiger partial charge >= 0.3 is 5.76 Å². The molecule has 1 aliphatic rings. The monoisotopic (exact) mass is 304 g/mol. The zero-order valence-electron chi connectivity index (χ0n) is 11.2. The molecule has 1 aromatic rings. The Kier molecular flexibility index (Phi) is 4.29. The van der Waals surface area contributed by atoms with Crippen molar-refractivity contribution in [1.82, 2.24) is 0 Å². The first-order valence-corrected chi connectivity index (χ1v) is 7.99. The Balaban J connectivity index is 2.21. The standard InChI is InChI=1S/C13H18F2N2O2S/c1-9-6-10(7-16)8-17(9)11-2-4-12(5-3-11)20(18,19)13(14)15/h2-5,9-10,13H,6-8,16H2,1H3. The van der Waals surface area contributed by atoms with Gasteiger partial charge < -0.3 is 10.6 Å². The number of benzene rings is 1. The third kappa shape index (κ3) is 2.78. The summed E-state index contributed by atoms with van der Waals surface area (Å²) in [5, 5.41) is 0. The van der Waals surface area contributed by atoms with E-state index in [4.69, 9.17) is 5.73 Å². The quantitative estimate of drug-likeness (QED) is 0.922. The number of nitrogens with two attached hydrogens (primary N) is 1. The lowest BCUT2D eigenvalue weighted by Gasteiger charge is -2.24. The fourth-order valence-electron chi connectivity index (χ4n) is 2.60. The molecule has 0 aliphatic carbocycles. The minimum Gasteiger partial charge on any atom is -0.368 e. The van der Waals surface area contributed by atoms with Crippen LogP contribution in [-0.4, -0.2) is 33.3 Å². The van der Waals surface area contributed by atoms with Crippen molar-refractivity contribution >= 4 is 15.5 Å². The summed E-state index contributed by atoms with van der Waals surface area (Å²) in [6.45, 7) is 3.48. The highest BCUT2D eigenvalue weighted by molar-refractivity contribution is 7.91. The van der Waals surface area contributed by atoms with Gasteiger partial charge in [0.2, 0.25) is 9.84 Å². The van der Waals surface area contributed by atoms with E-state index < -0.39 is 15.6 Å². The van der Waals surface area contributed by atoms with Gasteiger partial charge in [0, 0.05) is 18.3 Å². The zero-order valence-corrected chi connectivity index (χ0v) is 12.0. The zero-order chi connectivity index (χ0) is 14.9. The fraction of sp³-hybridized carbons (Fsp3) is 0.538. The molecule has 2 unspecified atom stereocenters. The molecule has 0 aromatic heterocycles. The molecule has 0 bridgehead atoms. The van der Waals surface area contributed by atoms with E-state index in [1.54, 1.807) is 12.1 Å². The minimum absolute atomic E-state index is 0.307. The predicted molar refractivity (Wildman–Crippen MR) is 73.6 cm³/mol. The summed E-state index contributed by atoms with van der Waals surface area (Å²) in [6, 6.07) is 5.93. The summed E-state index contributed by atoms with van der Waals surface area (Å²) in [4.78, 5) is 1.77. The molecule has 2 atom stereocenters. The second kappa shape index (κ2) is 5.65. The molecule has 0 radical (unpaired) electrons. The van der Waals surface area contributed by atoms with E-state index in [1.165, 1.54) is 12.1 Å². The maximum Gasteiger partial charge on any atom is 0.341 e. The molecule has 4 nitrogen and oxygen atoms in total. The molecule has 2 N–H and O–H groups in total. The van der Waals surface area contributed by atoms with Crippen molar-refractivity contribution in [2.24, 2.45) is 11.7 Å². The van der Waals surface area contributed by atoms with E-state index in [1.807, 2.05) is 0 Å². The Morgan fingerprint density at radius 3 is 2.40 bits per heavy atom. The smallest absolute Gasteiger partial charge is 0.341 e. The topological polar surface area (TPSA) is 63.4 Å². The summed E-state index contributed by atoms with van der Waals surface area (Å²) in [5.41, 5.74) is 6.50. The molecule has 0 spiro atoms. The van der Waals surface area contributed by atoms with Crippen molar-refractivity contribution in [3.63, 3.8) is 0 Å². The van der Waals surface area contributed by atoms with Gasteiger partial charge in [0.25, 0.3) is 0 Å². The number of hydrogen-bond acceptors (Lipinski definition) is 4. The van der Waals surface area contributed by atoms with Gasteiger partial charge in [-0.3, -0.25) is 0 Å². The van der Waals surface area contributed by atoms with E-state index in [9.17, 15) is 17.2 Å². The van der Waals surface area contributed by atoms with Gasteiger partial charge in [-0.15, -0.1) is 0 Å². The van der Waals surface area contributed by atoms with Crippen LogP contribution in [0.3, 0.4) is 0 Å². The van der Waals surface area contributed by atoms with Crippen LogP contribution in [0.2, 0.25) is 0 Å². The molecule has 1 fully saturated rings. The van der Waals surface area contributed by atoms with Gasteiger partial charge in [-0.25, -0.2) is 8.42 Å². The van der Waals surface area contributed by atoms with Gasteiger partial charge in [-0.1, -0.05) is 0 Å². The second-order valence-electron chi connectivity index (χ2n) is 5.14. The first kappa shape index (κ1) is 15.2. The van der Waals surface area contributed by atoms with Gasteiger partial charge in [-0.05, 0) is 50.1 Å². The predicted octanol–water partition coefficient (Wildman–Crippen LogP) is 1.86. The van der Waals surface area contributed by atoms with Crippen molar-refractivity contribution in [3.8, 4) is 0 Å². The van der Waals surface area contributed by atoms with Crippen LogP contribution in [0.5, 0.6) is 0 Å². The molecule has 1 aromatic carbocycles. The Morgan fingerprint density at radius 2 is 1.95 bits per heavy atom. The molecule has 1 saturated heterocycles. The number of sulfone groups is 1. The number of halogens is 2. The van der Waals surface area contributed by atoms with Crippen molar-refractivity contribution in [3.05, 3.63) is 24.3 Å². The Morgan fingerprint density at radius 1 is 1.35 bits per heavy atom. The van der Waals surface area contributed by atoms with E-state index >= 15 is 0 Å². The lowest BCUT2D eigenvalue weighted by atomic mass is 10.1. The van der Waals surface area contributed by atoms with Gasteiger partial charge in [0.1, 0.15) is 0 Å². The molecule has 0 saturated carbocycles. The maximum absolute atomic E-state index is 12.4. The van der Waals surface area contributed by atoms with Gasteiger partial charge in [0.15, 0.2) is 0 Å². The molecule has 20 heavy (non-hydrogen) atoms. The third-order valence-electron chi connectivity index (χ3n) is 3.73. The first-order valence-electron chi connectivity index (χ1n) is 6.45. The molecular formula is C13H18F2N2O2S. The Bertz CT molecular complexity index is 560. The van der Waals surface area contributed by atoms with Crippen LogP contribution in [0.15, 0.2) is 29.2 Å². The lowest BCUT2D eigenvalue weighted by molar-refractivity contribution is 0.234. The van der Waals surface area contributed by atoms with Crippen molar-refractivity contribution < 1.29 is 17.2 Å². The molecule has 112 valence electrons. The lowest BCUT2D eigenvalue weighted by Crippen LogP contribution is -2.27. The maximum atomic E-state index is 12.4. The molecular weight excluding hydrogens is 286 g/mol. The summed E-state index contributed by atoms with van der Waals surface area (Å²) in [7, 11) is -4.52. The average Bonchev–Trinajstić information content (AvgIpc) is 2.80. The number of hydrogen-bond donors (Lipinski definition) is 1. The summed E-state index contributed by atoms with van der Waals surface area (Å²) in [5.74, 6) is -2.98. The van der Waals surface area contributed by atoms with E-state index in [-0.39, 0.29) is 4.90 Å². The highest BCUT2D eigenvalue weighted by Crippen LogP contribution is 2.29. The molecule has 1 heterocycles. The average molecular weight is 304 g/mol. The van der Waals surface area contributed by atoms with Crippen LogP contribution in [-0.2, 0) is 9.84 Å². The van der Waals surface area contributed by atoms with E-state index in [2.05, 4.69) is 11.8 Å². The number of rotatable bonds is 4. The molecule has 0 amide bonds. The number of anilines is 1. The van der Waals surface area contributed by atoms with Gasteiger partial charge in [-0.2, -0.15) is 8.78 Å². The van der Waals surface area contributed by atoms with Crippen molar-refractivity contribution in [2.75, 3.05) is 18.0 Å². The van der Waals surface area contributed by atoms with Crippen LogP contribution < -0.4 is 10.6 Å². The SMILES string of the molecule is CC1CC(CN)CN1c1ccc(S(=O)(=O)C(F)F)cc1. The normalized spacial score (nSPS) is 23.6.